The summed E-state index contributed by atoms with van der Waals surface area (Å²) in [4.78, 5) is 7.82. The van der Waals surface area contributed by atoms with E-state index < -0.39 is 9.84 Å². The minimum absolute atomic E-state index is 0.321. The SMILES string of the molecule is CS(=O)(=O)c1ccccc1CNc1nc2ccc(Cl)cc2[nH]1. The molecule has 0 spiro atoms. The number of imidazole rings is 1. The summed E-state index contributed by atoms with van der Waals surface area (Å²) in [5.41, 5.74) is 2.32. The highest BCUT2D eigenvalue weighted by molar-refractivity contribution is 7.90. The summed E-state index contributed by atoms with van der Waals surface area (Å²) in [6, 6.07) is 12.3. The molecular weight excluding hydrogens is 322 g/mol. The molecule has 5 nitrogen and oxygen atoms in total. The Labute approximate surface area is 133 Å². The number of benzene rings is 2. The van der Waals surface area contributed by atoms with Gasteiger partial charge in [0.2, 0.25) is 5.95 Å². The van der Waals surface area contributed by atoms with Crippen molar-refractivity contribution in [1.82, 2.24) is 9.97 Å². The van der Waals surface area contributed by atoms with Crippen LogP contribution in [0.1, 0.15) is 5.56 Å². The summed E-state index contributed by atoms with van der Waals surface area (Å²) in [6.07, 6.45) is 1.20. The number of aromatic amines is 1. The van der Waals surface area contributed by atoms with Crippen LogP contribution in [0.2, 0.25) is 5.02 Å². The van der Waals surface area contributed by atoms with Crippen molar-refractivity contribution in [2.24, 2.45) is 0 Å². The Balaban J connectivity index is 1.85. The molecule has 0 radical (unpaired) electrons. The van der Waals surface area contributed by atoms with Gasteiger partial charge >= 0.3 is 0 Å². The van der Waals surface area contributed by atoms with Crippen molar-refractivity contribution in [3.8, 4) is 0 Å². The summed E-state index contributed by atoms with van der Waals surface area (Å²) >= 11 is 5.94. The minimum atomic E-state index is -3.26. The number of sulfone groups is 1. The predicted molar refractivity (Wildman–Crippen MR) is 88.0 cm³/mol. The molecule has 0 saturated heterocycles. The van der Waals surface area contributed by atoms with Gasteiger partial charge in [-0.05, 0) is 29.8 Å². The molecule has 0 amide bonds. The van der Waals surface area contributed by atoms with Crippen LogP contribution < -0.4 is 5.32 Å². The van der Waals surface area contributed by atoms with Crippen LogP contribution in [0.3, 0.4) is 0 Å². The fraction of sp³-hybridized carbons (Fsp3) is 0.133. The third-order valence-corrected chi connectivity index (χ3v) is 4.69. The van der Waals surface area contributed by atoms with Gasteiger partial charge in [-0.15, -0.1) is 0 Å². The first-order valence-corrected chi connectivity index (χ1v) is 8.87. The lowest BCUT2D eigenvalue weighted by molar-refractivity contribution is 0.601. The zero-order chi connectivity index (χ0) is 15.7. The predicted octanol–water partition coefficient (Wildman–Crippen LogP) is 3.23. The van der Waals surface area contributed by atoms with Gasteiger partial charge in [-0.3, -0.25) is 0 Å². The fourth-order valence-corrected chi connectivity index (χ4v) is 3.37. The number of aromatic nitrogens is 2. The third-order valence-electron chi connectivity index (χ3n) is 3.26. The van der Waals surface area contributed by atoms with Gasteiger partial charge in [0.05, 0.1) is 15.9 Å². The second kappa shape index (κ2) is 5.62. The Morgan fingerprint density at radius 1 is 1.23 bits per heavy atom. The van der Waals surface area contributed by atoms with Gasteiger partial charge < -0.3 is 10.3 Å². The molecule has 0 saturated carbocycles. The van der Waals surface area contributed by atoms with Gasteiger partial charge in [-0.25, -0.2) is 13.4 Å². The van der Waals surface area contributed by atoms with Gasteiger partial charge in [0, 0.05) is 17.8 Å². The quantitative estimate of drug-likeness (QED) is 0.767. The van der Waals surface area contributed by atoms with Crippen LogP contribution >= 0.6 is 11.6 Å². The number of anilines is 1. The van der Waals surface area contributed by atoms with E-state index in [1.165, 1.54) is 6.26 Å². The second-order valence-electron chi connectivity index (χ2n) is 4.98. The van der Waals surface area contributed by atoms with Crippen molar-refractivity contribution in [1.29, 1.82) is 0 Å². The van der Waals surface area contributed by atoms with E-state index in [2.05, 4.69) is 15.3 Å². The van der Waals surface area contributed by atoms with Gasteiger partial charge in [0.1, 0.15) is 0 Å². The van der Waals surface area contributed by atoms with Crippen LogP contribution in [-0.4, -0.2) is 24.6 Å². The van der Waals surface area contributed by atoms with Gasteiger partial charge in [-0.1, -0.05) is 29.8 Å². The molecule has 2 N–H and O–H groups in total. The molecule has 1 aromatic heterocycles. The molecule has 22 heavy (non-hydrogen) atoms. The second-order valence-corrected chi connectivity index (χ2v) is 7.40. The summed E-state index contributed by atoms with van der Waals surface area (Å²) in [7, 11) is -3.26. The van der Waals surface area contributed by atoms with E-state index in [0.29, 0.717) is 28.0 Å². The van der Waals surface area contributed by atoms with Crippen LogP contribution in [0.4, 0.5) is 5.95 Å². The molecule has 0 aliphatic rings. The largest absolute Gasteiger partial charge is 0.352 e. The lowest BCUT2D eigenvalue weighted by Crippen LogP contribution is -2.07. The highest BCUT2D eigenvalue weighted by Gasteiger charge is 2.12. The molecule has 0 atom stereocenters. The number of halogens is 1. The first-order valence-electron chi connectivity index (χ1n) is 6.60. The van der Waals surface area contributed by atoms with Crippen molar-refractivity contribution in [2.75, 3.05) is 11.6 Å². The summed E-state index contributed by atoms with van der Waals surface area (Å²) < 4.78 is 23.6. The molecule has 0 fully saturated rings. The standard InChI is InChI=1S/C15H14ClN3O2S/c1-22(20,21)14-5-3-2-4-10(14)9-17-15-18-12-7-6-11(16)8-13(12)19-15/h2-8H,9H2,1H3,(H2,17,18,19). The maximum atomic E-state index is 11.8. The van der Waals surface area contributed by atoms with Gasteiger partial charge in [0.15, 0.2) is 9.84 Å². The molecule has 0 unspecified atom stereocenters. The van der Waals surface area contributed by atoms with E-state index >= 15 is 0 Å². The van der Waals surface area contributed by atoms with Crippen molar-refractivity contribution >= 4 is 38.4 Å². The first kappa shape index (κ1) is 14.9. The average molecular weight is 336 g/mol. The molecule has 7 heteroatoms. The normalized spacial score (nSPS) is 11.7. The van der Waals surface area contributed by atoms with E-state index in [1.54, 1.807) is 30.3 Å². The van der Waals surface area contributed by atoms with Crippen LogP contribution in [0, 0.1) is 0 Å². The van der Waals surface area contributed by atoms with Crippen LogP contribution in [-0.2, 0) is 16.4 Å². The average Bonchev–Trinajstić information content (AvgIpc) is 2.86. The Kier molecular flexibility index (Phi) is 3.80. The van der Waals surface area contributed by atoms with E-state index in [-0.39, 0.29) is 0 Å². The number of nitrogens with one attached hydrogen (secondary N) is 2. The van der Waals surface area contributed by atoms with Crippen LogP contribution in [0.25, 0.3) is 11.0 Å². The zero-order valence-electron chi connectivity index (χ0n) is 11.8. The van der Waals surface area contributed by atoms with Crippen molar-refractivity contribution < 1.29 is 8.42 Å². The highest BCUT2D eigenvalue weighted by atomic mass is 35.5. The number of H-pyrrole nitrogens is 1. The Hall–Kier alpha value is -2.05. The fourth-order valence-electron chi connectivity index (χ4n) is 2.26. The smallest absolute Gasteiger partial charge is 0.201 e. The molecule has 3 aromatic rings. The lowest BCUT2D eigenvalue weighted by Gasteiger charge is -2.08. The molecule has 0 bridgehead atoms. The van der Waals surface area contributed by atoms with Gasteiger partial charge in [0.25, 0.3) is 0 Å². The molecule has 3 rings (SSSR count). The molecule has 0 aliphatic heterocycles. The molecule has 2 aromatic carbocycles. The summed E-state index contributed by atoms with van der Waals surface area (Å²) in [6.45, 7) is 0.358. The number of hydrogen-bond acceptors (Lipinski definition) is 4. The molecule has 114 valence electrons. The van der Waals surface area contributed by atoms with Crippen LogP contribution in [0.5, 0.6) is 0 Å². The van der Waals surface area contributed by atoms with E-state index in [9.17, 15) is 8.42 Å². The summed E-state index contributed by atoms with van der Waals surface area (Å²) in [5, 5.41) is 3.74. The topological polar surface area (TPSA) is 74.8 Å². The Bertz CT molecular complexity index is 935. The van der Waals surface area contributed by atoms with Crippen molar-refractivity contribution in [3.63, 3.8) is 0 Å². The number of nitrogens with zero attached hydrogens (tertiary/aromatic N) is 1. The van der Waals surface area contributed by atoms with E-state index in [4.69, 9.17) is 11.6 Å². The van der Waals surface area contributed by atoms with Crippen molar-refractivity contribution in [3.05, 3.63) is 53.1 Å². The first-order chi connectivity index (χ1) is 10.4. The lowest BCUT2D eigenvalue weighted by atomic mass is 10.2. The Morgan fingerprint density at radius 3 is 2.77 bits per heavy atom. The van der Waals surface area contributed by atoms with Crippen LogP contribution in [0.15, 0.2) is 47.4 Å². The van der Waals surface area contributed by atoms with E-state index in [0.717, 1.165) is 11.0 Å². The molecular formula is C15H14ClN3O2S. The highest BCUT2D eigenvalue weighted by Crippen LogP contribution is 2.20. The maximum absolute atomic E-state index is 11.8. The minimum Gasteiger partial charge on any atom is -0.352 e. The summed E-state index contributed by atoms with van der Waals surface area (Å²) in [5.74, 6) is 0.570. The zero-order valence-corrected chi connectivity index (χ0v) is 13.4. The maximum Gasteiger partial charge on any atom is 0.201 e. The van der Waals surface area contributed by atoms with Crippen molar-refractivity contribution in [2.45, 2.75) is 11.4 Å². The monoisotopic (exact) mass is 335 g/mol. The number of hydrogen-bond donors (Lipinski definition) is 2. The Morgan fingerprint density at radius 2 is 2.00 bits per heavy atom. The number of rotatable bonds is 4. The van der Waals surface area contributed by atoms with E-state index in [1.807, 2.05) is 12.1 Å². The number of fused-ring (bicyclic) bond motifs is 1. The third kappa shape index (κ3) is 3.08. The molecule has 0 aliphatic carbocycles. The molecule has 1 heterocycles. The van der Waals surface area contributed by atoms with Gasteiger partial charge in [-0.2, -0.15) is 0 Å².